The molecule has 1 aromatic carbocycles. The Kier molecular flexibility index (Phi) is 6.64. The number of nitrogens with one attached hydrogen (secondary N) is 1. The van der Waals surface area contributed by atoms with E-state index in [0.717, 1.165) is 6.07 Å². The normalized spacial score (nSPS) is 11.7. The van der Waals surface area contributed by atoms with Crippen LogP contribution in [-0.4, -0.2) is 42.2 Å². The molecule has 118 valence electrons. The van der Waals surface area contributed by atoms with Crippen molar-refractivity contribution in [3.05, 3.63) is 29.8 Å². The standard InChI is InChI=1S/C14H19F3N2O2/c1-2-19(8-5-9-20)10-13(21)18-12-7-4-3-6-11(12)14(15,16)17/h3-4,6-7,20H,2,5,8-10H2,1H3,(H,18,21). The van der Waals surface area contributed by atoms with E-state index < -0.39 is 17.6 Å². The second-order valence-corrected chi connectivity index (χ2v) is 4.54. The van der Waals surface area contributed by atoms with Gasteiger partial charge in [0.15, 0.2) is 0 Å². The fraction of sp³-hybridized carbons (Fsp3) is 0.500. The summed E-state index contributed by atoms with van der Waals surface area (Å²) in [4.78, 5) is 13.6. The van der Waals surface area contributed by atoms with Gasteiger partial charge in [-0.2, -0.15) is 13.2 Å². The number of hydrogen-bond acceptors (Lipinski definition) is 3. The lowest BCUT2D eigenvalue weighted by Crippen LogP contribution is -2.34. The number of carbonyl (C=O) groups excluding carboxylic acids is 1. The highest BCUT2D eigenvalue weighted by Crippen LogP contribution is 2.34. The maximum atomic E-state index is 12.8. The number of halogens is 3. The Labute approximate surface area is 121 Å². The van der Waals surface area contributed by atoms with Crippen molar-refractivity contribution in [2.75, 3.05) is 31.6 Å². The monoisotopic (exact) mass is 304 g/mol. The van der Waals surface area contributed by atoms with E-state index in [2.05, 4.69) is 5.32 Å². The average molecular weight is 304 g/mol. The van der Waals surface area contributed by atoms with Crippen LogP contribution in [0.5, 0.6) is 0 Å². The molecule has 0 aliphatic heterocycles. The number of hydrogen-bond donors (Lipinski definition) is 2. The fourth-order valence-corrected chi connectivity index (χ4v) is 1.88. The van der Waals surface area contributed by atoms with E-state index in [9.17, 15) is 18.0 Å². The number of likely N-dealkylation sites (N-methyl/N-ethyl adjacent to an activating group) is 1. The van der Waals surface area contributed by atoms with Crippen molar-refractivity contribution in [2.24, 2.45) is 0 Å². The Bertz CT molecular complexity index is 464. The molecule has 0 atom stereocenters. The summed E-state index contributed by atoms with van der Waals surface area (Å²) >= 11 is 0. The highest BCUT2D eigenvalue weighted by molar-refractivity contribution is 5.93. The largest absolute Gasteiger partial charge is 0.418 e. The van der Waals surface area contributed by atoms with Crippen molar-refractivity contribution in [1.82, 2.24) is 4.90 Å². The van der Waals surface area contributed by atoms with Crippen LogP contribution in [0, 0.1) is 0 Å². The number of amides is 1. The number of benzene rings is 1. The highest BCUT2D eigenvalue weighted by Gasteiger charge is 2.33. The molecule has 0 radical (unpaired) electrons. The summed E-state index contributed by atoms with van der Waals surface area (Å²) in [6.07, 6.45) is -3.99. The lowest BCUT2D eigenvalue weighted by Gasteiger charge is -2.20. The van der Waals surface area contributed by atoms with Gasteiger partial charge in [-0.1, -0.05) is 19.1 Å². The topological polar surface area (TPSA) is 52.6 Å². The van der Waals surface area contributed by atoms with E-state index in [0.29, 0.717) is 19.5 Å². The van der Waals surface area contributed by atoms with Gasteiger partial charge >= 0.3 is 6.18 Å². The summed E-state index contributed by atoms with van der Waals surface area (Å²) in [5, 5.41) is 11.0. The SMILES string of the molecule is CCN(CCCO)CC(=O)Nc1ccccc1C(F)(F)F. The Morgan fingerprint density at radius 2 is 2.00 bits per heavy atom. The molecule has 0 aliphatic rings. The zero-order chi connectivity index (χ0) is 15.9. The quantitative estimate of drug-likeness (QED) is 0.813. The van der Waals surface area contributed by atoms with E-state index in [1.807, 2.05) is 6.92 Å². The van der Waals surface area contributed by atoms with Crippen molar-refractivity contribution < 1.29 is 23.1 Å². The maximum Gasteiger partial charge on any atom is 0.418 e. The van der Waals surface area contributed by atoms with Gasteiger partial charge in [-0.25, -0.2) is 0 Å². The van der Waals surface area contributed by atoms with Crippen molar-refractivity contribution in [3.8, 4) is 0 Å². The molecule has 1 rings (SSSR count). The number of para-hydroxylation sites is 1. The molecule has 0 aliphatic carbocycles. The van der Waals surface area contributed by atoms with Gasteiger partial charge in [0.2, 0.25) is 5.91 Å². The first-order valence-electron chi connectivity index (χ1n) is 6.67. The van der Waals surface area contributed by atoms with Crippen LogP contribution < -0.4 is 5.32 Å². The van der Waals surface area contributed by atoms with E-state index in [4.69, 9.17) is 5.11 Å². The third-order valence-corrected chi connectivity index (χ3v) is 2.95. The summed E-state index contributed by atoms with van der Waals surface area (Å²) in [5.74, 6) is -0.508. The van der Waals surface area contributed by atoms with E-state index in [1.54, 1.807) is 4.90 Å². The zero-order valence-electron chi connectivity index (χ0n) is 11.8. The van der Waals surface area contributed by atoms with Crippen LogP contribution in [0.2, 0.25) is 0 Å². The van der Waals surface area contributed by atoms with Gasteiger partial charge in [-0.15, -0.1) is 0 Å². The highest BCUT2D eigenvalue weighted by atomic mass is 19.4. The number of anilines is 1. The first kappa shape index (κ1) is 17.5. The van der Waals surface area contributed by atoms with Crippen LogP contribution in [0.25, 0.3) is 0 Å². The van der Waals surface area contributed by atoms with E-state index >= 15 is 0 Å². The van der Waals surface area contributed by atoms with Crippen LogP contribution in [0.15, 0.2) is 24.3 Å². The molecular weight excluding hydrogens is 285 g/mol. The molecule has 1 amide bonds. The predicted octanol–water partition coefficient (Wildman–Crippen LogP) is 2.35. The minimum Gasteiger partial charge on any atom is -0.396 e. The molecule has 4 nitrogen and oxygen atoms in total. The Balaban J connectivity index is 2.71. The van der Waals surface area contributed by atoms with Crippen molar-refractivity contribution in [3.63, 3.8) is 0 Å². The minimum atomic E-state index is -4.51. The van der Waals surface area contributed by atoms with E-state index in [1.165, 1.54) is 18.2 Å². The second kappa shape index (κ2) is 7.99. The summed E-state index contributed by atoms with van der Waals surface area (Å²) < 4.78 is 38.4. The number of aliphatic hydroxyl groups excluding tert-OH is 1. The first-order valence-corrected chi connectivity index (χ1v) is 6.67. The van der Waals surface area contributed by atoms with Gasteiger partial charge < -0.3 is 10.4 Å². The number of aliphatic hydroxyl groups is 1. The van der Waals surface area contributed by atoms with Crippen molar-refractivity contribution >= 4 is 11.6 Å². The molecule has 0 saturated heterocycles. The fourth-order valence-electron chi connectivity index (χ4n) is 1.88. The summed E-state index contributed by atoms with van der Waals surface area (Å²) in [6.45, 7) is 2.93. The van der Waals surface area contributed by atoms with Gasteiger partial charge in [0, 0.05) is 13.2 Å². The molecule has 0 bridgehead atoms. The molecule has 0 unspecified atom stereocenters. The molecule has 0 saturated carbocycles. The first-order chi connectivity index (χ1) is 9.88. The second-order valence-electron chi connectivity index (χ2n) is 4.54. The third-order valence-electron chi connectivity index (χ3n) is 2.95. The molecule has 21 heavy (non-hydrogen) atoms. The molecule has 2 N–H and O–H groups in total. The van der Waals surface area contributed by atoms with Gasteiger partial charge in [-0.3, -0.25) is 9.69 Å². The lowest BCUT2D eigenvalue weighted by molar-refractivity contribution is -0.137. The number of carbonyl (C=O) groups is 1. The van der Waals surface area contributed by atoms with Gasteiger partial charge in [0.1, 0.15) is 0 Å². The Morgan fingerprint density at radius 1 is 1.33 bits per heavy atom. The minimum absolute atomic E-state index is 0.00895. The van der Waals surface area contributed by atoms with Gasteiger partial charge in [0.25, 0.3) is 0 Å². The van der Waals surface area contributed by atoms with Crippen LogP contribution in [0.4, 0.5) is 18.9 Å². The third kappa shape index (κ3) is 5.73. The summed E-state index contributed by atoms with van der Waals surface area (Å²) in [7, 11) is 0. The maximum absolute atomic E-state index is 12.8. The van der Waals surface area contributed by atoms with Gasteiger partial charge in [0.05, 0.1) is 17.8 Å². The molecule has 0 aromatic heterocycles. The molecule has 0 heterocycles. The van der Waals surface area contributed by atoms with Crippen LogP contribution in [0.3, 0.4) is 0 Å². The van der Waals surface area contributed by atoms with Gasteiger partial charge in [-0.05, 0) is 25.1 Å². The number of rotatable bonds is 7. The summed E-state index contributed by atoms with van der Waals surface area (Å²) in [5.41, 5.74) is -1.11. The molecule has 0 fully saturated rings. The molecular formula is C14H19F3N2O2. The number of nitrogens with zero attached hydrogens (tertiary/aromatic N) is 1. The lowest BCUT2D eigenvalue weighted by atomic mass is 10.1. The molecule has 1 aromatic rings. The Morgan fingerprint density at radius 3 is 2.57 bits per heavy atom. The molecule has 7 heteroatoms. The molecule has 0 spiro atoms. The van der Waals surface area contributed by atoms with Crippen LogP contribution in [-0.2, 0) is 11.0 Å². The van der Waals surface area contributed by atoms with Crippen molar-refractivity contribution in [1.29, 1.82) is 0 Å². The van der Waals surface area contributed by atoms with E-state index in [-0.39, 0.29) is 18.8 Å². The average Bonchev–Trinajstić information content (AvgIpc) is 2.42. The van der Waals surface area contributed by atoms with Crippen LogP contribution >= 0.6 is 0 Å². The Hall–Kier alpha value is -1.60. The smallest absolute Gasteiger partial charge is 0.396 e. The zero-order valence-corrected chi connectivity index (χ0v) is 11.8. The predicted molar refractivity (Wildman–Crippen MR) is 73.9 cm³/mol. The van der Waals surface area contributed by atoms with Crippen molar-refractivity contribution in [2.45, 2.75) is 19.5 Å². The summed E-state index contributed by atoms with van der Waals surface area (Å²) in [6, 6.07) is 4.87. The van der Waals surface area contributed by atoms with Crippen LogP contribution in [0.1, 0.15) is 18.9 Å². The number of alkyl halides is 3.